The van der Waals surface area contributed by atoms with Gasteiger partial charge in [-0.25, -0.2) is 0 Å². The van der Waals surface area contributed by atoms with Gasteiger partial charge < -0.3 is 9.47 Å². The molecule has 0 bridgehead atoms. The van der Waals surface area contributed by atoms with Crippen LogP contribution in [0.15, 0.2) is 243 Å². The van der Waals surface area contributed by atoms with Gasteiger partial charge in [0.2, 0.25) is 0 Å². The van der Waals surface area contributed by atoms with Crippen molar-refractivity contribution in [3.05, 3.63) is 265 Å². The number of hydrogen-bond acceptors (Lipinski definition) is 2. The van der Waals surface area contributed by atoms with E-state index in [1.165, 1.54) is 92.2 Å². The van der Waals surface area contributed by atoms with Gasteiger partial charge in [0.15, 0.2) is 0 Å². The molecule has 0 radical (unpaired) electrons. The highest BCUT2D eigenvalue weighted by atomic mass is 32.1. The second-order valence-corrected chi connectivity index (χ2v) is 17.9. The van der Waals surface area contributed by atoms with E-state index in [1.807, 2.05) is 11.3 Å². The van der Waals surface area contributed by atoms with Crippen LogP contribution in [-0.2, 0) is 5.41 Å². The number of para-hydroxylation sites is 2. The summed E-state index contributed by atoms with van der Waals surface area (Å²) in [6, 6.07) is 89.6. The Bertz CT molecular complexity index is 3680. The molecule has 1 aliphatic carbocycles. The molecule has 2 aromatic heterocycles. The third-order valence-electron chi connectivity index (χ3n) is 13.5. The van der Waals surface area contributed by atoms with Crippen molar-refractivity contribution in [2.75, 3.05) is 4.90 Å². The molecular weight excluding hydrogens is 793 g/mol. The van der Waals surface area contributed by atoms with Crippen molar-refractivity contribution in [3.8, 4) is 27.9 Å². The van der Waals surface area contributed by atoms with Crippen LogP contribution < -0.4 is 4.90 Å². The molecule has 0 N–H and O–H groups in total. The van der Waals surface area contributed by atoms with Crippen molar-refractivity contribution in [2.24, 2.45) is 0 Å². The van der Waals surface area contributed by atoms with E-state index >= 15 is 0 Å². The molecule has 2 heterocycles. The Kier molecular flexibility index (Phi) is 8.34. The quantitative estimate of drug-likeness (QED) is 0.155. The molecular formula is C61H40N2S. The third kappa shape index (κ3) is 5.51. The molecule has 3 heteroatoms. The average molecular weight is 833 g/mol. The molecule has 13 rings (SSSR count). The van der Waals surface area contributed by atoms with Crippen LogP contribution in [-0.4, -0.2) is 4.57 Å². The van der Waals surface area contributed by atoms with Gasteiger partial charge in [-0.3, -0.25) is 0 Å². The first-order valence-corrected chi connectivity index (χ1v) is 22.8. The van der Waals surface area contributed by atoms with E-state index in [0.29, 0.717) is 0 Å². The van der Waals surface area contributed by atoms with Crippen LogP contribution in [0.1, 0.15) is 22.3 Å². The molecule has 0 spiro atoms. The lowest BCUT2D eigenvalue weighted by Crippen LogP contribution is -2.28. The van der Waals surface area contributed by atoms with Gasteiger partial charge >= 0.3 is 0 Å². The lowest BCUT2D eigenvalue weighted by molar-refractivity contribution is 0.768. The number of benzene rings is 10. The molecule has 0 atom stereocenters. The van der Waals surface area contributed by atoms with Crippen molar-refractivity contribution in [3.63, 3.8) is 0 Å². The van der Waals surface area contributed by atoms with Crippen molar-refractivity contribution in [1.82, 2.24) is 4.57 Å². The van der Waals surface area contributed by atoms with Crippen molar-refractivity contribution < 1.29 is 0 Å². The Morgan fingerprint density at radius 2 is 0.906 bits per heavy atom. The molecule has 0 fully saturated rings. The molecule has 0 saturated carbocycles. The summed E-state index contributed by atoms with van der Waals surface area (Å²) >= 11 is 1.86. The van der Waals surface area contributed by atoms with E-state index < -0.39 is 5.41 Å². The molecule has 64 heavy (non-hydrogen) atoms. The fraction of sp³-hybridized carbons (Fsp3) is 0.0164. The van der Waals surface area contributed by atoms with Gasteiger partial charge in [-0.1, -0.05) is 164 Å². The van der Waals surface area contributed by atoms with Gasteiger partial charge in [-0.2, -0.15) is 0 Å². The number of aromatic nitrogens is 1. The van der Waals surface area contributed by atoms with E-state index in [9.17, 15) is 0 Å². The topological polar surface area (TPSA) is 8.17 Å². The Morgan fingerprint density at radius 3 is 1.69 bits per heavy atom. The highest BCUT2D eigenvalue weighted by molar-refractivity contribution is 7.25. The number of nitrogens with zero attached hydrogens (tertiary/aromatic N) is 2. The molecule has 300 valence electrons. The van der Waals surface area contributed by atoms with E-state index in [2.05, 4.69) is 252 Å². The van der Waals surface area contributed by atoms with Crippen LogP contribution in [0.5, 0.6) is 0 Å². The van der Waals surface area contributed by atoms with E-state index in [0.717, 1.165) is 17.1 Å². The van der Waals surface area contributed by atoms with E-state index in [4.69, 9.17) is 0 Å². The highest BCUT2D eigenvalue weighted by Gasteiger charge is 2.46. The minimum Gasteiger partial charge on any atom is -0.310 e. The minimum absolute atomic E-state index is 0.504. The first-order chi connectivity index (χ1) is 31.7. The number of thiophene rings is 1. The molecule has 2 nitrogen and oxygen atoms in total. The van der Waals surface area contributed by atoms with Crippen molar-refractivity contribution in [1.29, 1.82) is 0 Å². The smallest absolute Gasteiger partial charge is 0.0714 e. The average Bonchev–Trinajstić information content (AvgIpc) is 4.01. The van der Waals surface area contributed by atoms with Gasteiger partial charge in [-0.15, -0.1) is 11.3 Å². The monoisotopic (exact) mass is 832 g/mol. The summed E-state index contributed by atoms with van der Waals surface area (Å²) in [7, 11) is 0. The minimum atomic E-state index is -0.504. The summed E-state index contributed by atoms with van der Waals surface area (Å²) < 4.78 is 4.98. The van der Waals surface area contributed by atoms with E-state index in [-0.39, 0.29) is 0 Å². The molecule has 0 unspecified atom stereocenters. The maximum absolute atomic E-state index is 2.47. The number of rotatable bonds is 7. The summed E-state index contributed by atoms with van der Waals surface area (Å²) in [6.45, 7) is 0. The largest absolute Gasteiger partial charge is 0.310 e. The Morgan fingerprint density at radius 1 is 0.344 bits per heavy atom. The maximum Gasteiger partial charge on any atom is 0.0714 e. The van der Waals surface area contributed by atoms with Crippen LogP contribution in [0, 0.1) is 0 Å². The summed E-state index contributed by atoms with van der Waals surface area (Å²) in [5.41, 5.74) is 16.5. The Balaban J connectivity index is 0.996. The first kappa shape index (κ1) is 36.7. The highest BCUT2D eigenvalue weighted by Crippen LogP contribution is 2.57. The fourth-order valence-electron chi connectivity index (χ4n) is 10.7. The van der Waals surface area contributed by atoms with Gasteiger partial charge in [0, 0.05) is 53.7 Å². The summed E-state index contributed by atoms with van der Waals surface area (Å²) in [4.78, 5) is 2.45. The van der Waals surface area contributed by atoms with Gasteiger partial charge in [0.25, 0.3) is 0 Å². The lowest BCUT2D eigenvalue weighted by atomic mass is 9.67. The van der Waals surface area contributed by atoms with Gasteiger partial charge in [0.1, 0.15) is 0 Å². The van der Waals surface area contributed by atoms with Gasteiger partial charge in [0.05, 0.1) is 16.4 Å². The van der Waals surface area contributed by atoms with Crippen LogP contribution in [0.25, 0.3) is 69.9 Å². The van der Waals surface area contributed by atoms with Crippen LogP contribution >= 0.6 is 11.3 Å². The van der Waals surface area contributed by atoms with Crippen LogP contribution in [0.2, 0.25) is 0 Å². The van der Waals surface area contributed by atoms with Crippen molar-refractivity contribution >= 4 is 70.4 Å². The molecule has 10 aromatic carbocycles. The number of hydrogen-bond donors (Lipinski definition) is 0. The first-order valence-electron chi connectivity index (χ1n) is 22.0. The van der Waals surface area contributed by atoms with Crippen LogP contribution in [0.3, 0.4) is 0 Å². The second-order valence-electron chi connectivity index (χ2n) is 16.8. The SMILES string of the molecule is c1ccc(-n2c3ccccc3c3cc(-c4ccc(N(c5ccc6c(c5)C(c5ccccc5)(c5ccccc5)c5ccccc5-6)c5ccc6sc7ccccc7c6c5)cc4)ccc32)cc1. The standard InChI is InChI=1S/C61H40N2S/c1-4-16-43(17-5-1)61(44-18-6-2-7-19-44)55-25-13-10-22-49(55)50-35-33-48(40-56(50)61)62(47-34-37-60-54(39-47)52-24-12-15-27-59(52)64-60)46-31-28-41(29-32-46)42-30-36-58-53(38-42)51-23-11-14-26-57(51)63(58)45-20-8-3-9-21-45/h1-40H. The number of anilines is 3. The predicted octanol–water partition coefficient (Wildman–Crippen LogP) is 16.7. The lowest BCUT2D eigenvalue weighted by Gasteiger charge is -2.35. The molecule has 0 saturated heterocycles. The van der Waals surface area contributed by atoms with Crippen molar-refractivity contribution in [2.45, 2.75) is 5.41 Å². The van der Waals surface area contributed by atoms with Gasteiger partial charge in [-0.05, 0) is 123 Å². The molecule has 1 aliphatic rings. The fourth-order valence-corrected chi connectivity index (χ4v) is 11.8. The van der Waals surface area contributed by atoms with E-state index in [1.54, 1.807) is 0 Å². The normalized spacial score (nSPS) is 12.8. The molecule has 12 aromatic rings. The summed E-state index contributed by atoms with van der Waals surface area (Å²) in [5, 5.41) is 5.07. The van der Waals surface area contributed by atoms with Crippen LogP contribution in [0.4, 0.5) is 17.1 Å². The zero-order valence-electron chi connectivity index (χ0n) is 34.9. The Labute approximate surface area is 376 Å². The zero-order valence-corrected chi connectivity index (χ0v) is 35.7. The molecule has 0 amide bonds. The predicted molar refractivity (Wildman–Crippen MR) is 271 cm³/mol. The Hall–Kier alpha value is -7.98. The zero-order chi connectivity index (χ0) is 42.2. The summed E-state index contributed by atoms with van der Waals surface area (Å²) in [5.74, 6) is 0. The second kappa shape index (κ2) is 14.6. The summed E-state index contributed by atoms with van der Waals surface area (Å²) in [6.07, 6.45) is 0. The molecule has 0 aliphatic heterocycles. The third-order valence-corrected chi connectivity index (χ3v) is 14.6. The maximum atomic E-state index is 2.47. The number of fused-ring (bicyclic) bond motifs is 9.